The second kappa shape index (κ2) is 8.72. The molecule has 1 aliphatic rings. The molecule has 0 unspecified atom stereocenters. The van der Waals surface area contributed by atoms with Gasteiger partial charge in [0.05, 0.1) is 4.90 Å². The summed E-state index contributed by atoms with van der Waals surface area (Å²) in [5, 5.41) is 2.76. The van der Waals surface area contributed by atoms with Crippen LogP contribution >= 0.6 is 0 Å². The molecule has 2 rings (SSSR count). The van der Waals surface area contributed by atoms with Crippen LogP contribution in [0.4, 0.5) is 0 Å². The Kier molecular flexibility index (Phi) is 6.82. The van der Waals surface area contributed by atoms with Crippen molar-refractivity contribution >= 4 is 27.7 Å². The quantitative estimate of drug-likeness (QED) is 0.662. The van der Waals surface area contributed by atoms with E-state index >= 15 is 0 Å². The van der Waals surface area contributed by atoms with Crippen LogP contribution < -0.4 is 10.0 Å². The lowest BCUT2D eigenvalue weighted by Gasteiger charge is -2.19. The van der Waals surface area contributed by atoms with Gasteiger partial charge in [-0.25, -0.2) is 13.2 Å². The first-order valence-corrected chi connectivity index (χ1v) is 10.7. The van der Waals surface area contributed by atoms with Crippen LogP contribution in [0.2, 0.25) is 0 Å². The van der Waals surface area contributed by atoms with E-state index in [0.717, 1.165) is 0 Å². The number of carbonyl (C=O) groups is 2. The summed E-state index contributed by atoms with van der Waals surface area (Å²) in [6, 6.07) is 5.42. The molecular formula is C19H27N3O5S. The molecule has 8 nitrogen and oxygen atoms in total. The molecular weight excluding hydrogens is 382 g/mol. The highest BCUT2D eigenvalue weighted by Crippen LogP contribution is 2.23. The fourth-order valence-corrected chi connectivity index (χ4v) is 3.77. The maximum atomic E-state index is 12.5. The van der Waals surface area contributed by atoms with Crippen LogP contribution in [0, 0.1) is 11.8 Å². The van der Waals surface area contributed by atoms with E-state index in [2.05, 4.69) is 15.0 Å². The Hall–Kier alpha value is -2.42. The fourth-order valence-electron chi connectivity index (χ4n) is 2.53. The molecule has 0 aliphatic carbocycles. The largest absolute Gasteiger partial charge is 0.454 e. The summed E-state index contributed by atoms with van der Waals surface area (Å²) >= 11 is 0. The van der Waals surface area contributed by atoms with Gasteiger partial charge < -0.3 is 10.1 Å². The lowest BCUT2D eigenvalue weighted by molar-refractivity contribution is -0.150. The predicted molar refractivity (Wildman–Crippen MR) is 105 cm³/mol. The summed E-state index contributed by atoms with van der Waals surface area (Å²) in [6.07, 6.45) is 0. The van der Waals surface area contributed by atoms with Gasteiger partial charge >= 0.3 is 5.97 Å². The monoisotopic (exact) mass is 409 g/mol. The van der Waals surface area contributed by atoms with E-state index in [1.54, 1.807) is 32.0 Å². The Morgan fingerprint density at radius 2 is 1.75 bits per heavy atom. The number of nitrogens with one attached hydrogen (secondary N) is 2. The Bertz CT molecular complexity index is 877. The van der Waals surface area contributed by atoms with E-state index in [1.165, 1.54) is 6.07 Å². The molecule has 2 N–H and O–H groups in total. The number of aliphatic imine (C=N–C) groups is 1. The number of fused-ring (bicyclic) bond motifs is 1. The third-order valence-corrected chi connectivity index (χ3v) is 5.94. The number of esters is 1. The highest BCUT2D eigenvalue weighted by atomic mass is 32.2. The number of rotatable bonds is 7. The number of amides is 1. The summed E-state index contributed by atoms with van der Waals surface area (Å²) in [6.45, 7) is 8.95. The number of hydrogen-bond donors (Lipinski definition) is 2. The lowest BCUT2D eigenvalue weighted by Crippen LogP contribution is -2.40. The molecule has 1 aromatic rings. The van der Waals surface area contributed by atoms with Gasteiger partial charge in [0.25, 0.3) is 15.9 Å². The van der Waals surface area contributed by atoms with Crippen molar-refractivity contribution in [3.05, 3.63) is 29.8 Å². The Labute approximate surface area is 165 Å². The maximum absolute atomic E-state index is 12.5. The van der Waals surface area contributed by atoms with Gasteiger partial charge in [0.1, 0.15) is 5.84 Å². The highest BCUT2D eigenvalue weighted by Gasteiger charge is 2.33. The Morgan fingerprint density at radius 1 is 1.11 bits per heavy atom. The molecule has 1 heterocycles. The summed E-state index contributed by atoms with van der Waals surface area (Å²) in [7, 11) is -3.70. The zero-order valence-corrected chi connectivity index (χ0v) is 17.5. The summed E-state index contributed by atoms with van der Waals surface area (Å²) < 4.78 is 31.9. The summed E-state index contributed by atoms with van der Waals surface area (Å²) in [4.78, 5) is 28.8. The molecule has 154 valence electrons. The number of nitrogens with zero attached hydrogens (tertiary/aromatic N) is 1. The van der Waals surface area contributed by atoms with Crippen molar-refractivity contribution < 1.29 is 22.7 Å². The van der Waals surface area contributed by atoms with E-state index in [1.807, 2.05) is 20.8 Å². The van der Waals surface area contributed by atoms with E-state index in [9.17, 15) is 18.0 Å². The van der Waals surface area contributed by atoms with Crippen molar-refractivity contribution in [2.45, 2.75) is 51.6 Å². The van der Waals surface area contributed by atoms with Crippen molar-refractivity contribution in [1.82, 2.24) is 10.0 Å². The van der Waals surface area contributed by atoms with Gasteiger partial charge in [-0.15, -0.1) is 0 Å². The number of ether oxygens (including phenoxy) is 1. The van der Waals surface area contributed by atoms with E-state index in [-0.39, 0.29) is 28.6 Å². The maximum Gasteiger partial charge on any atom is 0.331 e. The zero-order valence-electron chi connectivity index (χ0n) is 16.7. The smallest absolute Gasteiger partial charge is 0.331 e. The lowest BCUT2D eigenvalue weighted by atomic mass is 10.1. The number of sulfonamides is 1. The van der Waals surface area contributed by atoms with Crippen LogP contribution in [-0.4, -0.2) is 44.8 Å². The summed E-state index contributed by atoms with van der Waals surface area (Å²) in [5.41, 5.74) is 0.407. The first-order chi connectivity index (χ1) is 13.0. The molecule has 0 aromatic heterocycles. The molecule has 2 atom stereocenters. The molecule has 1 amide bonds. The molecule has 0 fully saturated rings. The third-order valence-electron chi connectivity index (χ3n) is 4.54. The molecule has 1 aromatic carbocycles. The number of benzene rings is 1. The van der Waals surface area contributed by atoms with Gasteiger partial charge in [-0.05, 0) is 30.9 Å². The van der Waals surface area contributed by atoms with Gasteiger partial charge in [0.2, 0.25) is 0 Å². The van der Waals surface area contributed by atoms with Gasteiger partial charge in [-0.2, -0.15) is 0 Å². The second-order valence-electron chi connectivity index (χ2n) is 7.48. The van der Waals surface area contributed by atoms with E-state index in [0.29, 0.717) is 5.56 Å². The average Bonchev–Trinajstić information content (AvgIpc) is 2.88. The topological polar surface area (TPSA) is 114 Å². The SMILES string of the molecule is CC(C)[C@H](C)NC(=O)COC(=O)[C@@H](N=C1NS(=O)(=O)c2ccccc21)C(C)C. The molecule has 0 saturated heterocycles. The Morgan fingerprint density at radius 3 is 2.36 bits per heavy atom. The van der Waals surface area contributed by atoms with E-state index in [4.69, 9.17) is 4.74 Å². The van der Waals surface area contributed by atoms with Crippen molar-refractivity contribution in [3.8, 4) is 0 Å². The Balaban J connectivity index is 2.13. The second-order valence-corrected chi connectivity index (χ2v) is 9.13. The molecule has 1 aliphatic heterocycles. The number of hydrogen-bond acceptors (Lipinski definition) is 6. The molecule has 28 heavy (non-hydrogen) atoms. The first kappa shape index (κ1) is 21.9. The molecule has 0 saturated carbocycles. The van der Waals surface area contributed by atoms with Crippen LogP contribution in [0.3, 0.4) is 0 Å². The van der Waals surface area contributed by atoms with Gasteiger partial charge in [-0.1, -0.05) is 39.8 Å². The standard InChI is InChI=1S/C19H27N3O5S/c1-11(2)13(5)20-16(23)10-27-19(24)17(12(3)4)21-18-14-8-6-7-9-15(14)28(25,26)22-18/h6-9,11-13,17H,10H2,1-5H3,(H,20,23)(H,21,22)/t13-,17-/m0/s1. The van der Waals surface area contributed by atoms with Crippen LogP contribution in [0.25, 0.3) is 0 Å². The molecule has 0 radical (unpaired) electrons. The van der Waals surface area contributed by atoms with Crippen LogP contribution in [0.1, 0.15) is 40.2 Å². The van der Waals surface area contributed by atoms with Crippen molar-refractivity contribution in [2.75, 3.05) is 6.61 Å². The minimum atomic E-state index is -3.70. The molecule has 0 spiro atoms. The van der Waals surface area contributed by atoms with Gasteiger partial charge in [0, 0.05) is 11.6 Å². The zero-order chi connectivity index (χ0) is 21.1. The minimum absolute atomic E-state index is 0.0447. The van der Waals surface area contributed by atoms with Crippen molar-refractivity contribution in [2.24, 2.45) is 16.8 Å². The van der Waals surface area contributed by atoms with Crippen LogP contribution in [0.5, 0.6) is 0 Å². The molecule has 0 bridgehead atoms. The van der Waals surface area contributed by atoms with Crippen molar-refractivity contribution in [3.63, 3.8) is 0 Å². The average molecular weight is 410 g/mol. The van der Waals surface area contributed by atoms with Gasteiger partial charge in [-0.3, -0.25) is 14.5 Å². The number of amidine groups is 1. The van der Waals surface area contributed by atoms with Gasteiger partial charge in [0.15, 0.2) is 12.6 Å². The minimum Gasteiger partial charge on any atom is -0.454 e. The van der Waals surface area contributed by atoms with Crippen molar-refractivity contribution in [1.29, 1.82) is 0 Å². The van der Waals surface area contributed by atoms with Crippen LogP contribution in [-0.2, 0) is 24.3 Å². The predicted octanol–water partition coefficient (Wildman–Crippen LogP) is 1.45. The normalized spacial score (nSPS) is 18.5. The van der Waals surface area contributed by atoms with E-state index < -0.39 is 34.5 Å². The molecule has 9 heteroatoms. The highest BCUT2D eigenvalue weighted by molar-refractivity contribution is 7.90. The van der Waals surface area contributed by atoms with Crippen LogP contribution in [0.15, 0.2) is 34.2 Å². The third kappa shape index (κ3) is 5.09. The fraction of sp³-hybridized carbons (Fsp3) is 0.526. The number of carbonyl (C=O) groups excluding carboxylic acids is 2. The first-order valence-electron chi connectivity index (χ1n) is 9.19. The summed E-state index contributed by atoms with van der Waals surface area (Å²) in [5.74, 6) is -0.973.